The largest absolute Gasteiger partial charge is 0.316 e. The van der Waals surface area contributed by atoms with Crippen LogP contribution in [0.5, 0.6) is 0 Å². The summed E-state index contributed by atoms with van der Waals surface area (Å²) < 4.78 is 0. The lowest BCUT2D eigenvalue weighted by atomic mass is 9.79. The molecule has 1 heterocycles. The first-order valence-corrected chi connectivity index (χ1v) is 6.55. The van der Waals surface area contributed by atoms with Gasteiger partial charge in [0.05, 0.1) is 0 Å². The summed E-state index contributed by atoms with van der Waals surface area (Å²) >= 11 is 0. The molecule has 0 spiro atoms. The van der Waals surface area contributed by atoms with E-state index in [-0.39, 0.29) is 0 Å². The summed E-state index contributed by atoms with van der Waals surface area (Å²) in [4.78, 5) is 2.57. The molecule has 0 aliphatic carbocycles. The first kappa shape index (κ1) is 12.6. The molecule has 0 amide bonds. The summed E-state index contributed by atoms with van der Waals surface area (Å²) in [7, 11) is 2.08. The van der Waals surface area contributed by atoms with Gasteiger partial charge in [-0.1, -0.05) is 44.2 Å². The molecule has 94 valence electrons. The van der Waals surface area contributed by atoms with Crippen molar-refractivity contribution in [1.82, 2.24) is 10.2 Å². The Kier molecular flexibility index (Phi) is 3.85. The van der Waals surface area contributed by atoms with Crippen molar-refractivity contribution in [1.29, 1.82) is 0 Å². The number of nitrogens with zero attached hydrogens (tertiary/aromatic N) is 1. The van der Waals surface area contributed by atoms with E-state index >= 15 is 0 Å². The van der Waals surface area contributed by atoms with Crippen LogP contribution in [0.1, 0.15) is 25.8 Å². The van der Waals surface area contributed by atoms with E-state index in [4.69, 9.17) is 0 Å². The predicted octanol–water partition coefficient (Wildman–Crippen LogP) is 2.51. The topological polar surface area (TPSA) is 15.3 Å². The smallest absolute Gasteiger partial charge is 0.0233 e. The van der Waals surface area contributed by atoms with Crippen molar-refractivity contribution >= 4 is 0 Å². The molecule has 1 saturated heterocycles. The third-order valence-corrected chi connectivity index (χ3v) is 3.91. The van der Waals surface area contributed by atoms with Crippen LogP contribution in [0.15, 0.2) is 30.3 Å². The van der Waals surface area contributed by atoms with Crippen molar-refractivity contribution in [2.45, 2.75) is 32.9 Å². The predicted molar refractivity (Wildman–Crippen MR) is 73.0 cm³/mol. The Labute approximate surface area is 105 Å². The molecule has 17 heavy (non-hydrogen) atoms. The average Bonchev–Trinajstić information content (AvgIpc) is 2.29. The minimum absolute atomic E-state index is 0.363. The van der Waals surface area contributed by atoms with Gasteiger partial charge in [-0.15, -0.1) is 0 Å². The van der Waals surface area contributed by atoms with Gasteiger partial charge in [-0.2, -0.15) is 0 Å². The fraction of sp³-hybridized carbons (Fsp3) is 0.600. The molecule has 1 aliphatic heterocycles. The molecule has 2 rings (SSSR count). The zero-order valence-electron chi connectivity index (χ0n) is 11.2. The van der Waals surface area contributed by atoms with Crippen LogP contribution in [0.25, 0.3) is 0 Å². The van der Waals surface area contributed by atoms with Gasteiger partial charge < -0.3 is 5.32 Å². The molecule has 0 radical (unpaired) electrons. The molecule has 1 N–H and O–H groups in total. The molecule has 1 unspecified atom stereocenters. The Hall–Kier alpha value is -0.860. The first-order chi connectivity index (χ1) is 8.12. The summed E-state index contributed by atoms with van der Waals surface area (Å²) in [5, 5.41) is 3.45. The molecule has 0 saturated carbocycles. The minimum atomic E-state index is 0.363. The molecular weight excluding hydrogens is 208 g/mol. The number of likely N-dealkylation sites (tertiary alicyclic amines) is 1. The van der Waals surface area contributed by atoms with E-state index in [1.165, 1.54) is 25.1 Å². The SMILES string of the molecule is CNC1CCN(Cc2ccccc2)CC1(C)C. The fourth-order valence-corrected chi connectivity index (χ4v) is 2.98. The third-order valence-electron chi connectivity index (χ3n) is 3.91. The van der Waals surface area contributed by atoms with Gasteiger partial charge in [-0.05, 0) is 24.4 Å². The number of hydrogen-bond donors (Lipinski definition) is 1. The van der Waals surface area contributed by atoms with Gasteiger partial charge in [0.25, 0.3) is 0 Å². The molecule has 2 nitrogen and oxygen atoms in total. The van der Waals surface area contributed by atoms with E-state index in [9.17, 15) is 0 Å². The Morgan fingerprint density at radius 2 is 2.00 bits per heavy atom. The van der Waals surface area contributed by atoms with E-state index in [0.717, 1.165) is 6.54 Å². The maximum atomic E-state index is 3.45. The fourth-order valence-electron chi connectivity index (χ4n) is 2.98. The zero-order valence-corrected chi connectivity index (χ0v) is 11.2. The van der Waals surface area contributed by atoms with Crippen LogP contribution in [0.3, 0.4) is 0 Å². The zero-order chi connectivity index (χ0) is 12.3. The number of nitrogens with one attached hydrogen (secondary N) is 1. The number of piperidine rings is 1. The van der Waals surface area contributed by atoms with E-state index in [1.54, 1.807) is 0 Å². The van der Waals surface area contributed by atoms with Crippen LogP contribution in [-0.2, 0) is 6.54 Å². The van der Waals surface area contributed by atoms with Gasteiger partial charge in [0.15, 0.2) is 0 Å². The van der Waals surface area contributed by atoms with Gasteiger partial charge in [0.2, 0.25) is 0 Å². The lowest BCUT2D eigenvalue weighted by molar-refractivity contribution is 0.0764. The second-order valence-corrected chi connectivity index (χ2v) is 5.81. The van der Waals surface area contributed by atoms with Crippen LogP contribution in [0.4, 0.5) is 0 Å². The molecule has 1 aromatic carbocycles. The molecule has 1 fully saturated rings. The quantitative estimate of drug-likeness (QED) is 0.861. The molecule has 0 bridgehead atoms. The Balaban J connectivity index is 1.97. The molecular formula is C15H24N2. The van der Waals surface area contributed by atoms with Gasteiger partial charge >= 0.3 is 0 Å². The second kappa shape index (κ2) is 5.19. The standard InChI is InChI=1S/C15H24N2/c1-15(2)12-17(10-9-14(15)16-3)11-13-7-5-4-6-8-13/h4-8,14,16H,9-12H2,1-3H3. The summed E-state index contributed by atoms with van der Waals surface area (Å²) in [6, 6.07) is 11.4. The van der Waals surface area contributed by atoms with Gasteiger partial charge in [-0.3, -0.25) is 4.90 Å². The summed E-state index contributed by atoms with van der Waals surface area (Å²) in [6.45, 7) is 8.19. The molecule has 0 aromatic heterocycles. The van der Waals surface area contributed by atoms with Crippen LogP contribution in [-0.4, -0.2) is 31.1 Å². The van der Waals surface area contributed by atoms with E-state index < -0.39 is 0 Å². The van der Waals surface area contributed by atoms with E-state index in [1.807, 2.05) is 0 Å². The van der Waals surface area contributed by atoms with Crippen molar-refractivity contribution in [2.24, 2.45) is 5.41 Å². The molecule has 1 aromatic rings. The highest BCUT2D eigenvalue weighted by molar-refractivity contribution is 5.14. The molecule has 2 heteroatoms. The normalized spacial score (nSPS) is 24.8. The first-order valence-electron chi connectivity index (χ1n) is 6.55. The monoisotopic (exact) mass is 232 g/mol. The summed E-state index contributed by atoms with van der Waals surface area (Å²) in [6.07, 6.45) is 1.25. The summed E-state index contributed by atoms with van der Waals surface area (Å²) in [5.74, 6) is 0. The van der Waals surface area contributed by atoms with Crippen molar-refractivity contribution in [3.05, 3.63) is 35.9 Å². The van der Waals surface area contributed by atoms with Crippen molar-refractivity contribution in [3.63, 3.8) is 0 Å². The highest BCUT2D eigenvalue weighted by atomic mass is 15.2. The van der Waals surface area contributed by atoms with Crippen molar-refractivity contribution in [3.8, 4) is 0 Å². The van der Waals surface area contributed by atoms with Crippen molar-refractivity contribution < 1.29 is 0 Å². The lowest BCUT2D eigenvalue weighted by Crippen LogP contribution is -2.53. The summed E-state index contributed by atoms with van der Waals surface area (Å²) in [5.41, 5.74) is 1.79. The van der Waals surface area contributed by atoms with Gasteiger partial charge in [-0.25, -0.2) is 0 Å². The Morgan fingerprint density at radius 1 is 1.29 bits per heavy atom. The molecule has 1 atom stereocenters. The van der Waals surface area contributed by atoms with Crippen LogP contribution < -0.4 is 5.32 Å². The number of rotatable bonds is 3. The number of hydrogen-bond acceptors (Lipinski definition) is 2. The molecule has 1 aliphatic rings. The maximum absolute atomic E-state index is 3.45. The Bertz CT molecular complexity index is 345. The van der Waals surface area contributed by atoms with E-state index in [0.29, 0.717) is 11.5 Å². The van der Waals surface area contributed by atoms with Gasteiger partial charge in [0, 0.05) is 25.7 Å². The number of benzene rings is 1. The van der Waals surface area contributed by atoms with Crippen LogP contribution in [0.2, 0.25) is 0 Å². The second-order valence-electron chi connectivity index (χ2n) is 5.81. The third kappa shape index (κ3) is 3.08. The van der Waals surface area contributed by atoms with Gasteiger partial charge in [0.1, 0.15) is 0 Å². The Morgan fingerprint density at radius 3 is 2.59 bits per heavy atom. The van der Waals surface area contributed by atoms with Crippen LogP contribution >= 0.6 is 0 Å². The minimum Gasteiger partial charge on any atom is -0.316 e. The van der Waals surface area contributed by atoms with Crippen molar-refractivity contribution in [2.75, 3.05) is 20.1 Å². The highest BCUT2D eigenvalue weighted by Crippen LogP contribution is 2.29. The maximum Gasteiger partial charge on any atom is 0.0233 e. The average molecular weight is 232 g/mol. The van der Waals surface area contributed by atoms with E-state index in [2.05, 4.69) is 61.4 Å². The highest BCUT2D eigenvalue weighted by Gasteiger charge is 2.34. The lowest BCUT2D eigenvalue weighted by Gasteiger charge is -2.44. The van der Waals surface area contributed by atoms with Crippen LogP contribution in [0, 0.1) is 5.41 Å².